The van der Waals surface area contributed by atoms with E-state index in [0.29, 0.717) is 17.4 Å². The van der Waals surface area contributed by atoms with Crippen LogP contribution in [-0.2, 0) is 17.1 Å². The number of allylic oxidation sites excluding steroid dienone is 1. The van der Waals surface area contributed by atoms with Gasteiger partial charge in [-0.3, -0.25) is 0 Å². The molecule has 2 aliphatic rings. The molecule has 2 aliphatic carbocycles. The second-order valence-electron chi connectivity index (χ2n) is 8.49. The molecule has 2 N–H and O–H groups in total. The minimum atomic E-state index is 0. The third-order valence-electron chi connectivity index (χ3n) is 6.25. The molecule has 3 heteroatoms. The van der Waals surface area contributed by atoms with Crippen LogP contribution >= 0.6 is 0 Å². The molecule has 0 aromatic heterocycles. The Balaban J connectivity index is 0.000000468. The SMILES string of the molecule is C1CCCC1.CCCC(=C(c1ccc(O)cc1)c1ccc(O)cc1)C1CCCC1.[Fe]. The maximum absolute atomic E-state index is 9.65. The summed E-state index contributed by atoms with van der Waals surface area (Å²) in [6.45, 7) is 2.24. The number of rotatable bonds is 5. The summed E-state index contributed by atoms with van der Waals surface area (Å²) < 4.78 is 0. The minimum absolute atomic E-state index is 0. The Bertz CT molecular complexity index is 712. The molecule has 0 unspecified atom stereocenters. The molecule has 0 amide bonds. The van der Waals surface area contributed by atoms with Crippen LogP contribution < -0.4 is 0 Å². The van der Waals surface area contributed by atoms with Gasteiger partial charge in [0.15, 0.2) is 0 Å². The summed E-state index contributed by atoms with van der Waals surface area (Å²) in [5.41, 5.74) is 5.11. The summed E-state index contributed by atoms with van der Waals surface area (Å²) in [6.07, 6.45) is 14.9. The predicted octanol–water partition coefficient (Wildman–Crippen LogP) is 7.84. The molecule has 4 rings (SSSR count). The van der Waals surface area contributed by atoms with Crippen LogP contribution in [0.1, 0.15) is 88.7 Å². The Morgan fingerprint density at radius 2 is 1.10 bits per heavy atom. The molecule has 2 fully saturated rings. The second-order valence-corrected chi connectivity index (χ2v) is 8.49. The molecule has 0 aliphatic heterocycles. The average Bonchev–Trinajstić information content (AvgIpc) is 3.47. The Hall–Kier alpha value is -1.70. The zero-order valence-electron chi connectivity index (χ0n) is 18.2. The Kier molecular flexibility index (Phi) is 10.5. The topological polar surface area (TPSA) is 40.5 Å². The molecule has 164 valence electrons. The molecule has 2 aromatic carbocycles. The third-order valence-corrected chi connectivity index (χ3v) is 6.25. The molecule has 2 aromatic rings. The van der Waals surface area contributed by atoms with Crippen molar-refractivity contribution in [2.75, 3.05) is 0 Å². The summed E-state index contributed by atoms with van der Waals surface area (Å²) >= 11 is 0. The van der Waals surface area contributed by atoms with Crippen molar-refractivity contribution < 1.29 is 27.3 Å². The molecule has 0 spiro atoms. The standard InChI is InChI=1S/C22H26O2.C5H10.Fe/c1-2-5-21(16-6-3-4-7-16)22(17-8-12-19(23)13-9-17)18-10-14-20(24)15-11-18;1-2-4-5-3-1;/h8-16,23-24H,2-7H2,1H3;1-5H2;. The van der Waals surface area contributed by atoms with Crippen molar-refractivity contribution in [2.45, 2.75) is 77.6 Å². The van der Waals surface area contributed by atoms with Crippen LogP contribution in [0.4, 0.5) is 0 Å². The Morgan fingerprint density at radius 3 is 1.47 bits per heavy atom. The van der Waals surface area contributed by atoms with E-state index in [9.17, 15) is 10.2 Å². The van der Waals surface area contributed by atoms with E-state index in [1.807, 2.05) is 24.3 Å². The maximum Gasteiger partial charge on any atom is 0.115 e. The van der Waals surface area contributed by atoms with Crippen LogP contribution in [0, 0.1) is 5.92 Å². The molecule has 0 bridgehead atoms. The van der Waals surface area contributed by atoms with Gasteiger partial charge in [-0.1, -0.05) is 88.1 Å². The average molecular weight is 448 g/mol. The van der Waals surface area contributed by atoms with Crippen LogP contribution in [0.2, 0.25) is 0 Å². The first kappa shape index (κ1) is 24.6. The van der Waals surface area contributed by atoms with Crippen molar-refractivity contribution in [3.63, 3.8) is 0 Å². The van der Waals surface area contributed by atoms with E-state index >= 15 is 0 Å². The fraction of sp³-hybridized carbons (Fsp3) is 0.481. The van der Waals surface area contributed by atoms with Gasteiger partial charge in [0.25, 0.3) is 0 Å². The van der Waals surface area contributed by atoms with Gasteiger partial charge in [-0.25, -0.2) is 0 Å². The third kappa shape index (κ3) is 6.93. The Morgan fingerprint density at radius 1 is 0.700 bits per heavy atom. The van der Waals surface area contributed by atoms with Gasteiger partial charge in [0.2, 0.25) is 0 Å². The minimum Gasteiger partial charge on any atom is -0.508 e. The van der Waals surface area contributed by atoms with Crippen LogP contribution in [0.3, 0.4) is 0 Å². The largest absolute Gasteiger partial charge is 0.508 e. The number of hydrogen-bond donors (Lipinski definition) is 2. The Labute approximate surface area is 192 Å². The van der Waals surface area contributed by atoms with Crippen LogP contribution in [0.5, 0.6) is 11.5 Å². The second kappa shape index (κ2) is 12.9. The fourth-order valence-corrected chi connectivity index (χ4v) is 4.75. The zero-order chi connectivity index (χ0) is 20.5. The number of aromatic hydroxyl groups is 2. The molecule has 0 atom stereocenters. The van der Waals surface area contributed by atoms with Crippen molar-refractivity contribution in [1.29, 1.82) is 0 Å². The van der Waals surface area contributed by atoms with E-state index in [1.54, 1.807) is 24.3 Å². The van der Waals surface area contributed by atoms with Gasteiger partial charge in [-0.15, -0.1) is 0 Å². The van der Waals surface area contributed by atoms with Crippen LogP contribution in [0.25, 0.3) is 5.57 Å². The monoisotopic (exact) mass is 448 g/mol. The number of benzene rings is 2. The van der Waals surface area contributed by atoms with Crippen LogP contribution in [0.15, 0.2) is 54.1 Å². The smallest absolute Gasteiger partial charge is 0.115 e. The first-order chi connectivity index (χ1) is 14.2. The van der Waals surface area contributed by atoms with Crippen molar-refractivity contribution in [2.24, 2.45) is 5.92 Å². The van der Waals surface area contributed by atoms with Gasteiger partial charge in [0, 0.05) is 17.1 Å². The summed E-state index contributed by atoms with van der Waals surface area (Å²) in [5.74, 6) is 1.24. The zero-order valence-corrected chi connectivity index (χ0v) is 19.3. The summed E-state index contributed by atoms with van der Waals surface area (Å²) in [6, 6.07) is 15.0. The van der Waals surface area contributed by atoms with Crippen molar-refractivity contribution in [3.8, 4) is 11.5 Å². The van der Waals surface area contributed by atoms with Gasteiger partial charge in [0.05, 0.1) is 0 Å². The van der Waals surface area contributed by atoms with E-state index in [0.717, 1.165) is 24.0 Å². The molecular formula is C27H36FeO2. The van der Waals surface area contributed by atoms with Crippen molar-refractivity contribution in [3.05, 3.63) is 65.2 Å². The molecule has 0 saturated heterocycles. The van der Waals surface area contributed by atoms with E-state index in [2.05, 4.69) is 6.92 Å². The van der Waals surface area contributed by atoms with Crippen molar-refractivity contribution >= 4 is 5.57 Å². The molecular weight excluding hydrogens is 412 g/mol. The van der Waals surface area contributed by atoms with Crippen LogP contribution in [-0.4, -0.2) is 10.2 Å². The van der Waals surface area contributed by atoms with E-state index in [4.69, 9.17) is 0 Å². The molecule has 0 radical (unpaired) electrons. The van der Waals surface area contributed by atoms with Gasteiger partial charge < -0.3 is 10.2 Å². The van der Waals surface area contributed by atoms with Gasteiger partial charge >= 0.3 is 0 Å². The molecule has 2 saturated carbocycles. The quantitative estimate of drug-likeness (QED) is 0.458. The summed E-state index contributed by atoms with van der Waals surface area (Å²) in [5, 5.41) is 19.3. The molecule has 0 heterocycles. The first-order valence-corrected chi connectivity index (χ1v) is 11.5. The summed E-state index contributed by atoms with van der Waals surface area (Å²) in [7, 11) is 0. The van der Waals surface area contributed by atoms with E-state index in [-0.39, 0.29) is 17.1 Å². The predicted molar refractivity (Wildman–Crippen MR) is 122 cm³/mol. The van der Waals surface area contributed by atoms with E-state index < -0.39 is 0 Å². The van der Waals surface area contributed by atoms with Gasteiger partial charge in [-0.05, 0) is 66.1 Å². The number of phenolic OH excluding ortho intramolecular Hbond substituents is 2. The number of phenols is 2. The molecule has 2 nitrogen and oxygen atoms in total. The van der Waals surface area contributed by atoms with Gasteiger partial charge in [-0.2, -0.15) is 0 Å². The maximum atomic E-state index is 9.65. The first-order valence-electron chi connectivity index (χ1n) is 11.5. The summed E-state index contributed by atoms with van der Waals surface area (Å²) in [4.78, 5) is 0. The molecule has 30 heavy (non-hydrogen) atoms. The fourth-order valence-electron chi connectivity index (χ4n) is 4.75. The van der Waals surface area contributed by atoms with Crippen molar-refractivity contribution in [1.82, 2.24) is 0 Å². The normalized spacial score (nSPS) is 15.8. The van der Waals surface area contributed by atoms with E-state index in [1.165, 1.54) is 68.9 Å². The van der Waals surface area contributed by atoms with Gasteiger partial charge in [0.1, 0.15) is 11.5 Å². The number of hydrogen-bond acceptors (Lipinski definition) is 2.